The lowest BCUT2D eigenvalue weighted by atomic mass is 10.1. The summed E-state index contributed by atoms with van der Waals surface area (Å²) in [5, 5.41) is 18.5. The molecule has 0 atom stereocenters. The van der Waals surface area contributed by atoms with E-state index in [1.165, 1.54) is 6.07 Å². The van der Waals surface area contributed by atoms with Gasteiger partial charge in [0.2, 0.25) is 0 Å². The zero-order valence-electron chi connectivity index (χ0n) is 7.45. The topological polar surface area (TPSA) is 57.5 Å². The van der Waals surface area contributed by atoms with Crippen LogP contribution in [-0.4, -0.2) is 16.5 Å². The summed E-state index contributed by atoms with van der Waals surface area (Å²) in [5.41, 5.74) is 1.49. The lowest BCUT2D eigenvalue weighted by Gasteiger charge is -2.04. The van der Waals surface area contributed by atoms with Gasteiger partial charge < -0.3 is 15.0 Å². The molecule has 3 heteroatoms. The predicted octanol–water partition coefficient (Wildman–Crippen LogP) is 1.54. The Morgan fingerprint density at radius 2 is 2.08 bits per heavy atom. The molecule has 1 aromatic carbocycles. The molecule has 0 aliphatic rings. The number of aromatic hydroxyl groups is 2. The van der Waals surface area contributed by atoms with Crippen molar-refractivity contribution in [3.8, 4) is 11.5 Å². The second-order valence-electron chi connectivity index (χ2n) is 2.99. The van der Waals surface area contributed by atoms with Crippen molar-refractivity contribution in [2.45, 2.75) is 19.8 Å². The fourth-order valence-corrected chi connectivity index (χ4v) is 1.20. The van der Waals surface area contributed by atoms with E-state index >= 15 is 0 Å². The molecule has 0 fully saturated rings. The molecule has 0 amide bonds. The average Bonchev–Trinajstić information content (AvgIpc) is 2.10. The zero-order chi connectivity index (χ0) is 9.84. The maximum Gasteiger partial charge on any atom is 0.160 e. The van der Waals surface area contributed by atoms with Gasteiger partial charge in [0.1, 0.15) is 6.29 Å². The Labute approximate surface area is 76.6 Å². The quantitative estimate of drug-likeness (QED) is 0.548. The van der Waals surface area contributed by atoms with Crippen molar-refractivity contribution in [3.05, 3.63) is 23.3 Å². The van der Waals surface area contributed by atoms with E-state index in [4.69, 9.17) is 0 Å². The maximum absolute atomic E-state index is 10.1. The van der Waals surface area contributed by atoms with Crippen LogP contribution in [0.1, 0.15) is 17.5 Å². The van der Waals surface area contributed by atoms with Crippen LogP contribution >= 0.6 is 0 Å². The fraction of sp³-hybridized carbons (Fsp3) is 0.300. The van der Waals surface area contributed by atoms with Crippen LogP contribution in [0.5, 0.6) is 11.5 Å². The van der Waals surface area contributed by atoms with Gasteiger partial charge in [-0.25, -0.2) is 0 Å². The first kappa shape index (κ1) is 9.58. The highest BCUT2D eigenvalue weighted by Crippen LogP contribution is 2.29. The Morgan fingerprint density at radius 3 is 2.62 bits per heavy atom. The van der Waals surface area contributed by atoms with Crippen LogP contribution in [-0.2, 0) is 11.2 Å². The molecule has 0 heterocycles. The first-order chi connectivity index (χ1) is 6.15. The summed E-state index contributed by atoms with van der Waals surface area (Å²) in [6.07, 6.45) is 1.86. The number of aryl methyl sites for hydroxylation is 2. The van der Waals surface area contributed by atoms with Gasteiger partial charge in [-0.3, -0.25) is 0 Å². The van der Waals surface area contributed by atoms with Crippen molar-refractivity contribution in [1.29, 1.82) is 0 Å². The van der Waals surface area contributed by atoms with E-state index in [2.05, 4.69) is 0 Å². The predicted molar refractivity (Wildman–Crippen MR) is 48.9 cm³/mol. The van der Waals surface area contributed by atoms with Gasteiger partial charge >= 0.3 is 0 Å². The summed E-state index contributed by atoms with van der Waals surface area (Å²) < 4.78 is 0. The number of benzene rings is 1. The fourth-order valence-electron chi connectivity index (χ4n) is 1.20. The third kappa shape index (κ3) is 2.21. The number of hydrogen-bond donors (Lipinski definition) is 2. The van der Waals surface area contributed by atoms with E-state index in [1.54, 1.807) is 13.0 Å². The number of rotatable bonds is 3. The molecule has 0 unspecified atom stereocenters. The number of aldehydes is 1. The molecule has 3 nitrogen and oxygen atoms in total. The molecule has 0 aromatic heterocycles. The first-order valence-electron chi connectivity index (χ1n) is 4.10. The normalized spacial score (nSPS) is 9.92. The molecular weight excluding hydrogens is 168 g/mol. The second kappa shape index (κ2) is 3.94. The average molecular weight is 180 g/mol. The molecule has 0 radical (unpaired) electrons. The first-order valence-corrected chi connectivity index (χ1v) is 4.10. The Kier molecular flexibility index (Phi) is 2.90. The second-order valence-corrected chi connectivity index (χ2v) is 2.99. The number of phenolic OH excluding ortho intramolecular Hbond substituents is 2. The summed E-state index contributed by atoms with van der Waals surface area (Å²) in [6.45, 7) is 1.71. The minimum Gasteiger partial charge on any atom is -0.504 e. The monoisotopic (exact) mass is 180 g/mol. The van der Waals surface area contributed by atoms with Crippen molar-refractivity contribution in [3.63, 3.8) is 0 Å². The molecule has 0 spiro atoms. The van der Waals surface area contributed by atoms with E-state index < -0.39 is 0 Å². The van der Waals surface area contributed by atoms with Gasteiger partial charge in [0, 0.05) is 6.42 Å². The molecule has 1 rings (SSSR count). The minimum absolute atomic E-state index is 0.0881. The highest BCUT2D eigenvalue weighted by Gasteiger charge is 2.04. The van der Waals surface area contributed by atoms with Gasteiger partial charge in [-0.15, -0.1) is 0 Å². The molecule has 13 heavy (non-hydrogen) atoms. The molecule has 0 saturated carbocycles. The third-order valence-electron chi connectivity index (χ3n) is 1.89. The molecular formula is C10H12O3. The summed E-state index contributed by atoms with van der Waals surface area (Å²) in [7, 11) is 0. The van der Waals surface area contributed by atoms with Gasteiger partial charge in [0.15, 0.2) is 11.5 Å². The Hall–Kier alpha value is -1.51. The van der Waals surface area contributed by atoms with E-state index in [0.717, 1.165) is 11.8 Å². The molecule has 1 aromatic rings. The van der Waals surface area contributed by atoms with Crippen LogP contribution in [0, 0.1) is 6.92 Å². The van der Waals surface area contributed by atoms with Gasteiger partial charge in [0.05, 0.1) is 0 Å². The highest BCUT2D eigenvalue weighted by molar-refractivity contribution is 5.51. The summed E-state index contributed by atoms with van der Waals surface area (Å²) in [4.78, 5) is 10.1. The third-order valence-corrected chi connectivity index (χ3v) is 1.89. The van der Waals surface area contributed by atoms with E-state index in [1.807, 2.05) is 0 Å². The van der Waals surface area contributed by atoms with Crippen molar-refractivity contribution in [1.82, 2.24) is 0 Å². The van der Waals surface area contributed by atoms with Crippen LogP contribution in [0.3, 0.4) is 0 Å². The number of hydrogen-bond acceptors (Lipinski definition) is 3. The lowest BCUT2D eigenvalue weighted by molar-refractivity contribution is -0.107. The minimum atomic E-state index is -0.124. The van der Waals surface area contributed by atoms with Gasteiger partial charge in [-0.05, 0) is 30.5 Å². The summed E-state index contributed by atoms with van der Waals surface area (Å²) in [6, 6.07) is 3.24. The van der Waals surface area contributed by atoms with Gasteiger partial charge in [0.25, 0.3) is 0 Å². The lowest BCUT2D eigenvalue weighted by Crippen LogP contribution is -1.88. The number of carbonyl (C=O) groups is 1. The summed E-state index contributed by atoms with van der Waals surface area (Å²) in [5.74, 6) is -0.212. The smallest absolute Gasteiger partial charge is 0.160 e. The van der Waals surface area contributed by atoms with E-state index in [9.17, 15) is 15.0 Å². The molecule has 0 aliphatic carbocycles. The standard InChI is InChI=1S/C10H12O3/c1-7-5-8(3-2-4-11)6-9(12)10(7)13/h4-6,12-13H,2-3H2,1H3. The van der Waals surface area contributed by atoms with Crippen LogP contribution in [0.2, 0.25) is 0 Å². The van der Waals surface area contributed by atoms with Gasteiger partial charge in [-0.1, -0.05) is 6.07 Å². The van der Waals surface area contributed by atoms with Crippen LogP contribution in [0.15, 0.2) is 12.1 Å². The molecule has 0 bridgehead atoms. The van der Waals surface area contributed by atoms with Crippen LogP contribution < -0.4 is 0 Å². The molecule has 0 aliphatic heterocycles. The Morgan fingerprint density at radius 1 is 1.38 bits per heavy atom. The molecule has 0 saturated heterocycles. The van der Waals surface area contributed by atoms with E-state index in [0.29, 0.717) is 18.4 Å². The summed E-state index contributed by atoms with van der Waals surface area (Å²) >= 11 is 0. The van der Waals surface area contributed by atoms with Gasteiger partial charge in [-0.2, -0.15) is 0 Å². The van der Waals surface area contributed by atoms with Crippen LogP contribution in [0.4, 0.5) is 0 Å². The van der Waals surface area contributed by atoms with Crippen molar-refractivity contribution in [2.24, 2.45) is 0 Å². The SMILES string of the molecule is Cc1cc(CCC=O)cc(O)c1O. The highest BCUT2D eigenvalue weighted by atomic mass is 16.3. The zero-order valence-corrected chi connectivity index (χ0v) is 7.45. The van der Waals surface area contributed by atoms with Crippen molar-refractivity contribution in [2.75, 3.05) is 0 Å². The Bertz CT molecular complexity index is 295. The Balaban J connectivity index is 2.92. The largest absolute Gasteiger partial charge is 0.504 e. The van der Waals surface area contributed by atoms with Crippen molar-refractivity contribution >= 4 is 6.29 Å². The number of phenols is 2. The maximum atomic E-state index is 10.1. The molecule has 70 valence electrons. The van der Waals surface area contributed by atoms with Crippen molar-refractivity contribution < 1.29 is 15.0 Å². The van der Waals surface area contributed by atoms with Crippen LogP contribution in [0.25, 0.3) is 0 Å². The van der Waals surface area contributed by atoms with E-state index in [-0.39, 0.29) is 11.5 Å². The molecule has 2 N–H and O–H groups in total. The number of carbonyl (C=O) groups excluding carboxylic acids is 1.